The molecule has 23 heavy (non-hydrogen) atoms. The summed E-state index contributed by atoms with van der Waals surface area (Å²) in [6, 6.07) is 9.52. The number of benzene rings is 2. The highest BCUT2D eigenvalue weighted by Gasteiger charge is 2.19. The standard InChI is InChI=1S/C13H9BrN4O5/c14-9-3-1-8(2-4-9)13(19)16-15-11-6-5-10(17(20)21)7-12(11)18(22)23/h1-7,15H,(H,16,19). The topological polar surface area (TPSA) is 127 Å². The van der Waals surface area contributed by atoms with E-state index in [1.807, 2.05) is 0 Å². The van der Waals surface area contributed by atoms with Gasteiger partial charge in [0.1, 0.15) is 5.69 Å². The molecule has 0 heterocycles. The Labute approximate surface area is 137 Å². The molecule has 2 N–H and O–H groups in total. The number of nitro groups is 2. The SMILES string of the molecule is O=C(NNc1ccc([N+](=O)[O-])cc1[N+](=O)[O-])c1ccc(Br)cc1. The first-order valence-electron chi connectivity index (χ1n) is 6.13. The number of carbonyl (C=O) groups excluding carboxylic acids is 1. The van der Waals surface area contributed by atoms with Gasteiger partial charge in [0.05, 0.1) is 15.9 Å². The first kappa shape index (κ1) is 16.4. The predicted molar refractivity (Wildman–Crippen MR) is 85.0 cm³/mol. The Morgan fingerprint density at radius 1 is 1.00 bits per heavy atom. The lowest BCUT2D eigenvalue weighted by molar-refractivity contribution is -0.393. The summed E-state index contributed by atoms with van der Waals surface area (Å²) in [5.74, 6) is -0.509. The summed E-state index contributed by atoms with van der Waals surface area (Å²) in [7, 11) is 0. The Morgan fingerprint density at radius 2 is 1.65 bits per heavy atom. The quantitative estimate of drug-likeness (QED) is 0.605. The molecule has 0 aromatic heterocycles. The van der Waals surface area contributed by atoms with Crippen molar-refractivity contribution in [1.82, 2.24) is 5.43 Å². The van der Waals surface area contributed by atoms with E-state index in [-0.39, 0.29) is 5.69 Å². The number of nitrogens with one attached hydrogen (secondary N) is 2. The number of nitrogens with zero attached hydrogens (tertiary/aromatic N) is 2. The molecule has 2 aromatic rings. The number of hydrogen-bond donors (Lipinski definition) is 2. The molecule has 0 atom stereocenters. The van der Waals surface area contributed by atoms with E-state index in [1.54, 1.807) is 24.3 Å². The second kappa shape index (κ2) is 6.83. The second-order valence-corrected chi connectivity index (χ2v) is 5.22. The molecule has 0 unspecified atom stereocenters. The molecule has 0 saturated carbocycles. The summed E-state index contributed by atoms with van der Waals surface area (Å²) in [4.78, 5) is 32.0. The van der Waals surface area contributed by atoms with Gasteiger partial charge in [-0.3, -0.25) is 35.9 Å². The number of amides is 1. The van der Waals surface area contributed by atoms with Crippen molar-refractivity contribution >= 4 is 38.9 Å². The molecule has 118 valence electrons. The van der Waals surface area contributed by atoms with E-state index in [9.17, 15) is 25.0 Å². The smallest absolute Gasteiger partial charge is 0.292 e. The van der Waals surface area contributed by atoms with Crippen LogP contribution in [0.15, 0.2) is 46.9 Å². The van der Waals surface area contributed by atoms with Crippen LogP contribution >= 0.6 is 15.9 Å². The van der Waals surface area contributed by atoms with E-state index in [1.165, 1.54) is 0 Å². The van der Waals surface area contributed by atoms with Crippen LogP contribution in [-0.2, 0) is 0 Å². The van der Waals surface area contributed by atoms with Crippen molar-refractivity contribution in [2.75, 3.05) is 5.43 Å². The third kappa shape index (κ3) is 4.01. The highest BCUT2D eigenvalue weighted by Crippen LogP contribution is 2.28. The maximum Gasteiger partial charge on any atom is 0.300 e. The fourth-order valence-electron chi connectivity index (χ4n) is 1.69. The molecule has 1 amide bonds. The van der Waals surface area contributed by atoms with Crippen molar-refractivity contribution in [2.24, 2.45) is 0 Å². The molecular weight excluding hydrogens is 372 g/mol. The molecule has 2 rings (SSSR count). The van der Waals surface area contributed by atoms with E-state index in [0.717, 1.165) is 22.7 Å². The van der Waals surface area contributed by atoms with Crippen LogP contribution in [0, 0.1) is 20.2 Å². The Morgan fingerprint density at radius 3 is 2.22 bits per heavy atom. The second-order valence-electron chi connectivity index (χ2n) is 4.30. The fourth-order valence-corrected chi connectivity index (χ4v) is 1.95. The maximum atomic E-state index is 11.9. The van der Waals surface area contributed by atoms with E-state index in [4.69, 9.17) is 0 Å². The Kier molecular flexibility index (Phi) is 4.86. The van der Waals surface area contributed by atoms with Gasteiger partial charge in [-0.15, -0.1) is 0 Å². The van der Waals surface area contributed by atoms with Crippen LogP contribution < -0.4 is 10.9 Å². The molecular formula is C13H9BrN4O5. The van der Waals surface area contributed by atoms with Crippen molar-refractivity contribution in [3.05, 3.63) is 72.7 Å². The first-order chi connectivity index (χ1) is 10.9. The van der Waals surface area contributed by atoms with Crippen LogP contribution in [0.25, 0.3) is 0 Å². The van der Waals surface area contributed by atoms with Crippen molar-refractivity contribution < 1.29 is 14.6 Å². The van der Waals surface area contributed by atoms with Gasteiger partial charge in [0.25, 0.3) is 11.6 Å². The number of rotatable bonds is 5. The average molecular weight is 381 g/mol. The zero-order chi connectivity index (χ0) is 17.0. The Hall–Kier alpha value is -3.01. The number of nitro benzene ring substituents is 2. The van der Waals surface area contributed by atoms with E-state index < -0.39 is 27.1 Å². The molecule has 0 bridgehead atoms. The van der Waals surface area contributed by atoms with Gasteiger partial charge in [-0.1, -0.05) is 15.9 Å². The number of anilines is 1. The zero-order valence-corrected chi connectivity index (χ0v) is 12.9. The minimum Gasteiger partial charge on any atom is -0.292 e. The van der Waals surface area contributed by atoms with Crippen molar-refractivity contribution in [1.29, 1.82) is 0 Å². The lowest BCUT2D eigenvalue weighted by Crippen LogP contribution is -2.29. The van der Waals surface area contributed by atoms with Gasteiger partial charge in [0, 0.05) is 16.1 Å². The zero-order valence-electron chi connectivity index (χ0n) is 11.4. The van der Waals surface area contributed by atoms with Gasteiger partial charge < -0.3 is 0 Å². The number of hydrazine groups is 1. The van der Waals surface area contributed by atoms with Crippen LogP contribution in [0.4, 0.5) is 17.1 Å². The van der Waals surface area contributed by atoms with Gasteiger partial charge in [-0.25, -0.2) is 0 Å². The highest BCUT2D eigenvalue weighted by atomic mass is 79.9. The fraction of sp³-hybridized carbons (Fsp3) is 0. The number of non-ortho nitro benzene ring substituents is 1. The molecule has 0 radical (unpaired) electrons. The summed E-state index contributed by atoms with van der Waals surface area (Å²) in [6.07, 6.45) is 0. The van der Waals surface area contributed by atoms with Crippen molar-refractivity contribution in [2.45, 2.75) is 0 Å². The molecule has 0 fully saturated rings. The highest BCUT2D eigenvalue weighted by molar-refractivity contribution is 9.10. The number of hydrogen-bond acceptors (Lipinski definition) is 6. The normalized spacial score (nSPS) is 9.96. The predicted octanol–water partition coefficient (Wildman–Crippen LogP) is 3.02. The molecule has 0 spiro atoms. The van der Waals surface area contributed by atoms with Crippen molar-refractivity contribution in [3.8, 4) is 0 Å². The van der Waals surface area contributed by atoms with Gasteiger partial charge in [-0.05, 0) is 30.3 Å². The summed E-state index contributed by atoms with van der Waals surface area (Å²) in [5, 5.41) is 21.6. The first-order valence-corrected chi connectivity index (χ1v) is 6.92. The van der Waals surface area contributed by atoms with E-state index >= 15 is 0 Å². The van der Waals surface area contributed by atoms with Crippen LogP contribution in [0.5, 0.6) is 0 Å². The molecule has 2 aromatic carbocycles. The molecule has 0 aliphatic heterocycles. The molecule has 0 saturated heterocycles. The summed E-state index contributed by atoms with van der Waals surface area (Å²) in [5.41, 5.74) is 4.04. The molecule has 9 nitrogen and oxygen atoms in total. The van der Waals surface area contributed by atoms with E-state index in [0.29, 0.717) is 5.56 Å². The van der Waals surface area contributed by atoms with Gasteiger partial charge in [-0.2, -0.15) is 0 Å². The minimum atomic E-state index is -0.777. The summed E-state index contributed by atoms with van der Waals surface area (Å²) in [6.45, 7) is 0. The maximum absolute atomic E-state index is 11.9. The number of carbonyl (C=O) groups is 1. The third-order valence-electron chi connectivity index (χ3n) is 2.81. The lowest BCUT2D eigenvalue weighted by Gasteiger charge is -2.09. The minimum absolute atomic E-state index is 0.0638. The Bertz CT molecular complexity index is 778. The van der Waals surface area contributed by atoms with Gasteiger partial charge >= 0.3 is 5.69 Å². The summed E-state index contributed by atoms with van der Waals surface area (Å²) >= 11 is 3.24. The Balaban J connectivity index is 2.16. The van der Waals surface area contributed by atoms with Crippen molar-refractivity contribution in [3.63, 3.8) is 0 Å². The van der Waals surface area contributed by atoms with Gasteiger partial charge in [0.2, 0.25) is 0 Å². The van der Waals surface area contributed by atoms with Crippen LogP contribution in [0.3, 0.4) is 0 Å². The lowest BCUT2D eigenvalue weighted by atomic mass is 10.2. The van der Waals surface area contributed by atoms with Crippen LogP contribution in [0.2, 0.25) is 0 Å². The van der Waals surface area contributed by atoms with Crippen LogP contribution in [-0.4, -0.2) is 15.8 Å². The average Bonchev–Trinajstić information content (AvgIpc) is 2.52. The van der Waals surface area contributed by atoms with Crippen LogP contribution in [0.1, 0.15) is 10.4 Å². The summed E-state index contributed by atoms with van der Waals surface area (Å²) < 4.78 is 0.799. The monoisotopic (exact) mass is 380 g/mol. The van der Waals surface area contributed by atoms with E-state index in [2.05, 4.69) is 26.8 Å². The molecule has 0 aliphatic rings. The number of halogens is 1. The van der Waals surface area contributed by atoms with Gasteiger partial charge in [0.15, 0.2) is 0 Å². The third-order valence-corrected chi connectivity index (χ3v) is 3.33. The largest absolute Gasteiger partial charge is 0.300 e. The molecule has 0 aliphatic carbocycles. The molecule has 10 heteroatoms.